The molecular weight excluding hydrogens is 142 g/mol. The van der Waals surface area contributed by atoms with Crippen LogP contribution >= 0.6 is 0 Å². The number of nitrogens with zero attached hydrogens (tertiary/aromatic N) is 1. The van der Waals surface area contributed by atoms with Crippen LogP contribution in [0.15, 0.2) is 0 Å². The van der Waals surface area contributed by atoms with Gasteiger partial charge in [0.25, 0.3) is 0 Å². The molecule has 0 saturated carbocycles. The van der Waals surface area contributed by atoms with Crippen molar-refractivity contribution in [3.63, 3.8) is 0 Å². The van der Waals surface area contributed by atoms with Crippen molar-refractivity contribution in [1.29, 1.82) is 0 Å². The van der Waals surface area contributed by atoms with Gasteiger partial charge in [-0.2, -0.15) is 0 Å². The van der Waals surface area contributed by atoms with E-state index in [2.05, 4.69) is 0 Å². The van der Waals surface area contributed by atoms with E-state index in [-0.39, 0.29) is 24.6 Å². The Hall–Kier alpha value is -0.570. The highest BCUT2D eigenvalue weighted by molar-refractivity contribution is 5.79. The van der Waals surface area contributed by atoms with Crippen molar-refractivity contribution in [1.82, 2.24) is 4.90 Å². The Balaban J connectivity index is 2.63. The standard InChI is InChI=1S/C8H15NO2/c1-6(2)9-7(5-10)3-4-8(9)11/h6-7,10H,3-5H2,1-2H3/t7-/m0/s1. The van der Waals surface area contributed by atoms with Gasteiger partial charge in [-0.15, -0.1) is 0 Å². The molecule has 0 aromatic rings. The fraction of sp³-hybridized carbons (Fsp3) is 0.875. The summed E-state index contributed by atoms with van der Waals surface area (Å²) in [4.78, 5) is 13.0. The van der Waals surface area contributed by atoms with Crippen molar-refractivity contribution in [2.24, 2.45) is 0 Å². The monoisotopic (exact) mass is 157 g/mol. The summed E-state index contributed by atoms with van der Waals surface area (Å²) in [5, 5.41) is 8.91. The van der Waals surface area contributed by atoms with Gasteiger partial charge >= 0.3 is 0 Å². The summed E-state index contributed by atoms with van der Waals surface area (Å²) in [6, 6.07) is 0.296. The molecule has 64 valence electrons. The molecule has 0 bridgehead atoms. The van der Waals surface area contributed by atoms with Crippen LogP contribution in [0.2, 0.25) is 0 Å². The highest BCUT2D eigenvalue weighted by Crippen LogP contribution is 2.20. The van der Waals surface area contributed by atoms with E-state index < -0.39 is 0 Å². The molecule has 0 unspecified atom stereocenters. The van der Waals surface area contributed by atoms with Crippen molar-refractivity contribution in [2.45, 2.75) is 38.8 Å². The van der Waals surface area contributed by atoms with Crippen LogP contribution in [0.1, 0.15) is 26.7 Å². The first-order valence-electron chi connectivity index (χ1n) is 4.09. The zero-order valence-corrected chi connectivity index (χ0v) is 7.08. The minimum absolute atomic E-state index is 0.0718. The van der Waals surface area contributed by atoms with Crippen LogP contribution in [-0.4, -0.2) is 34.6 Å². The Morgan fingerprint density at radius 3 is 2.73 bits per heavy atom. The Morgan fingerprint density at radius 1 is 1.73 bits per heavy atom. The van der Waals surface area contributed by atoms with E-state index in [1.165, 1.54) is 0 Å². The number of rotatable bonds is 2. The second kappa shape index (κ2) is 3.22. The molecular formula is C8H15NO2. The van der Waals surface area contributed by atoms with Crippen molar-refractivity contribution in [3.05, 3.63) is 0 Å². The second-order valence-electron chi connectivity index (χ2n) is 3.27. The first-order valence-corrected chi connectivity index (χ1v) is 4.09. The van der Waals surface area contributed by atoms with E-state index in [1.807, 2.05) is 13.8 Å². The molecule has 0 spiro atoms. The normalized spacial score (nSPS) is 25.3. The molecule has 11 heavy (non-hydrogen) atoms. The minimum atomic E-state index is 0.0718. The van der Waals surface area contributed by atoms with E-state index in [1.54, 1.807) is 4.90 Å². The molecule has 1 rings (SSSR count). The van der Waals surface area contributed by atoms with Crippen molar-refractivity contribution < 1.29 is 9.90 Å². The molecule has 0 radical (unpaired) electrons. The van der Waals surface area contributed by atoms with E-state index in [0.717, 1.165) is 6.42 Å². The molecule has 0 aliphatic carbocycles. The van der Waals surface area contributed by atoms with Gasteiger partial charge in [-0.25, -0.2) is 0 Å². The molecule has 1 heterocycles. The maximum Gasteiger partial charge on any atom is 0.223 e. The SMILES string of the molecule is CC(C)N1C(=O)CC[C@H]1CO. The molecule has 1 aliphatic heterocycles. The third-order valence-electron chi connectivity index (χ3n) is 2.14. The average molecular weight is 157 g/mol. The second-order valence-corrected chi connectivity index (χ2v) is 3.27. The smallest absolute Gasteiger partial charge is 0.223 e. The quantitative estimate of drug-likeness (QED) is 0.629. The summed E-state index contributed by atoms with van der Waals surface area (Å²) >= 11 is 0. The number of carbonyl (C=O) groups excluding carboxylic acids is 1. The van der Waals surface area contributed by atoms with Crippen molar-refractivity contribution >= 4 is 5.91 Å². The number of likely N-dealkylation sites (tertiary alicyclic amines) is 1. The first kappa shape index (κ1) is 8.53. The van der Waals surface area contributed by atoms with Gasteiger partial charge in [0.05, 0.1) is 12.6 Å². The van der Waals surface area contributed by atoms with Crippen LogP contribution in [0.25, 0.3) is 0 Å². The zero-order valence-electron chi connectivity index (χ0n) is 7.08. The summed E-state index contributed by atoms with van der Waals surface area (Å²) in [6.45, 7) is 4.06. The predicted octanol–water partition coefficient (Wildman–Crippen LogP) is 0.378. The summed E-state index contributed by atoms with van der Waals surface area (Å²) in [7, 11) is 0. The molecule has 0 aromatic carbocycles. The number of amides is 1. The van der Waals surface area contributed by atoms with E-state index in [0.29, 0.717) is 6.42 Å². The van der Waals surface area contributed by atoms with Crippen molar-refractivity contribution in [3.8, 4) is 0 Å². The van der Waals surface area contributed by atoms with Gasteiger partial charge in [0, 0.05) is 12.5 Å². The van der Waals surface area contributed by atoms with Crippen LogP contribution in [-0.2, 0) is 4.79 Å². The Morgan fingerprint density at radius 2 is 2.36 bits per heavy atom. The molecule has 0 aromatic heterocycles. The fourth-order valence-corrected chi connectivity index (χ4v) is 1.65. The van der Waals surface area contributed by atoms with Gasteiger partial charge in [0.2, 0.25) is 5.91 Å². The first-order chi connectivity index (χ1) is 5.16. The maximum atomic E-state index is 11.2. The zero-order chi connectivity index (χ0) is 8.43. The number of hydrogen-bond donors (Lipinski definition) is 1. The number of aliphatic hydroxyl groups excluding tert-OH is 1. The molecule has 1 saturated heterocycles. The van der Waals surface area contributed by atoms with Gasteiger partial charge in [-0.05, 0) is 20.3 Å². The van der Waals surface area contributed by atoms with Gasteiger partial charge in [-0.1, -0.05) is 0 Å². The lowest BCUT2D eigenvalue weighted by Crippen LogP contribution is -2.40. The Bertz CT molecular complexity index is 156. The largest absolute Gasteiger partial charge is 0.394 e. The number of carbonyl (C=O) groups is 1. The van der Waals surface area contributed by atoms with Crippen LogP contribution in [0.4, 0.5) is 0 Å². The average Bonchev–Trinajstić information content (AvgIpc) is 2.30. The lowest BCUT2D eigenvalue weighted by Gasteiger charge is -2.27. The number of hydrogen-bond acceptors (Lipinski definition) is 2. The summed E-state index contributed by atoms with van der Waals surface area (Å²) < 4.78 is 0. The van der Waals surface area contributed by atoms with Crippen LogP contribution in [0.3, 0.4) is 0 Å². The van der Waals surface area contributed by atoms with Crippen molar-refractivity contribution in [2.75, 3.05) is 6.61 Å². The third kappa shape index (κ3) is 1.53. The summed E-state index contributed by atoms with van der Waals surface area (Å²) in [6.07, 6.45) is 1.41. The van der Waals surface area contributed by atoms with Crippen LogP contribution in [0, 0.1) is 0 Å². The van der Waals surface area contributed by atoms with Crippen LogP contribution < -0.4 is 0 Å². The Kier molecular flexibility index (Phi) is 2.49. The minimum Gasteiger partial charge on any atom is -0.394 e. The maximum absolute atomic E-state index is 11.2. The highest BCUT2D eigenvalue weighted by Gasteiger charge is 2.31. The lowest BCUT2D eigenvalue weighted by molar-refractivity contribution is -0.131. The lowest BCUT2D eigenvalue weighted by atomic mass is 10.2. The molecule has 1 N–H and O–H groups in total. The van der Waals surface area contributed by atoms with E-state index >= 15 is 0 Å². The molecule has 3 heteroatoms. The topological polar surface area (TPSA) is 40.5 Å². The summed E-state index contributed by atoms with van der Waals surface area (Å²) in [5.74, 6) is 0.180. The van der Waals surface area contributed by atoms with Gasteiger partial charge < -0.3 is 10.0 Å². The van der Waals surface area contributed by atoms with Crippen LogP contribution in [0.5, 0.6) is 0 Å². The molecule has 1 aliphatic rings. The molecule has 1 atom stereocenters. The van der Waals surface area contributed by atoms with E-state index in [9.17, 15) is 4.79 Å². The van der Waals surface area contributed by atoms with Gasteiger partial charge in [0.15, 0.2) is 0 Å². The third-order valence-corrected chi connectivity index (χ3v) is 2.14. The van der Waals surface area contributed by atoms with E-state index in [4.69, 9.17) is 5.11 Å². The number of aliphatic hydroxyl groups is 1. The molecule has 1 amide bonds. The summed E-state index contributed by atoms with van der Waals surface area (Å²) in [5.41, 5.74) is 0. The predicted molar refractivity (Wildman–Crippen MR) is 42.1 cm³/mol. The molecule has 3 nitrogen and oxygen atoms in total. The van der Waals surface area contributed by atoms with Gasteiger partial charge in [-0.3, -0.25) is 4.79 Å². The Labute approximate surface area is 67.0 Å². The fourth-order valence-electron chi connectivity index (χ4n) is 1.65. The highest BCUT2D eigenvalue weighted by atomic mass is 16.3. The van der Waals surface area contributed by atoms with Gasteiger partial charge in [0.1, 0.15) is 0 Å². The molecule has 1 fully saturated rings.